The Bertz CT molecular complexity index is 1220. The van der Waals surface area contributed by atoms with Gasteiger partial charge in [-0.15, -0.1) is 0 Å². The van der Waals surface area contributed by atoms with Crippen molar-refractivity contribution in [1.29, 1.82) is 0 Å². The van der Waals surface area contributed by atoms with E-state index >= 15 is 0 Å². The van der Waals surface area contributed by atoms with Gasteiger partial charge in [-0.25, -0.2) is 4.90 Å². The Morgan fingerprint density at radius 1 is 1.15 bits per heavy atom. The summed E-state index contributed by atoms with van der Waals surface area (Å²) in [7, 11) is 0. The first-order valence-corrected chi connectivity index (χ1v) is 13.0. The van der Waals surface area contributed by atoms with Gasteiger partial charge in [0.25, 0.3) is 5.91 Å². The number of para-hydroxylation sites is 1. The molecule has 2 aromatic carbocycles. The molecular formula is C26H26ClN3O3S. The number of nitrogens with one attached hydrogen (secondary N) is 1. The van der Waals surface area contributed by atoms with Crippen LogP contribution in [0.15, 0.2) is 60.7 Å². The minimum Gasteiger partial charge on any atom is -0.306 e. The van der Waals surface area contributed by atoms with Crippen molar-refractivity contribution in [3.8, 4) is 0 Å². The zero-order chi connectivity index (χ0) is 24.2. The number of hydrogen-bond donors (Lipinski definition) is 1. The molecule has 2 saturated heterocycles. The van der Waals surface area contributed by atoms with E-state index in [-0.39, 0.29) is 23.8 Å². The lowest BCUT2D eigenvalue weighted by Gasteiger charge is -2.30. The van der Waals surface area contributed by atoms with Crippen molar-refractivity contribution < 1.29 is 14.4 Å². The molecule has 4 atom stereocenters. The second kappa shape index (κ2) is 8.56. The fourth-order valence-electron chi connectivity index (χ4n) is 5.74. The van der Waals surface area contributed by atoms with Gasteiger partial charge in [-0.1, -0.05) is 48.0 Å². The first-order chi connectivity index (χ1) is 16.3. The summed E-state index contributed by atoms with van der Waals surface area (Å²) in [5.41, 5.74) is 1.49. The number of rotatable bonds is 6. The molecule has 0 aliphatic carbocycles. The van der Waals surface area contributed by atoms with Crippen LogP contribution in [0.1, 0.15) is 18.9 Å². The van der Waals surface area contributed by atoms with E-state index in [1.807, 2.05) is 37.4 Å². The van der Waals surface area contributed by atoms with Crippen LogP contribution < -0.4 is 15.1 Å². The Kier molecular flexibility index (Phi) is 5.82. The Labute approximate surface area is 208 Å². The number of carbonyl (C=O) groups excluding carboxylic acids is 3. The van der Waals surface area contributed by atoms with Gasteiger partial charge in [-0.05, 0) is 49.6 Å². The molecule has 2 fully saturated rings. The van der Waals surface area contributed by atoms with Crippen LogP contribution in [0.3, 0.4) is 0 Å². The smallest absolute Gasteiger partial charge is 0.253 e. The number of nitrogens with zero attached hydrogens (tertiary/aromatic N) is 2. The summed E-state index contributed by atoms with van der Waals surface area (Å²) in [6, 6.07) is 14.0. The maximum Gasteiger partial charge on any atom is 0.253 e. The minimum absolute atomic E-state index is 0.201. The molecule has 0 unspecified atom stereocenters. The molecule has 1 N–H and O–H groups in total. The van der Waals surface area contributed by atoms with Gasteiger partial charge in [0.15, 0.2) is 0 Å². The third-order valence-electron chi connectivity index (χ3n) is 6.99. The number of fused-ring (bicyclic) bond motifs is 4. The fraction of sp³-hybridized carbons (Fsp3) is 0.346. The molecule has 0 aromatic heterocycles. The summed E-state index contributed by atoms with van der Waals surface area (Å²) >= 11 is 7.86. The summed E-state index contributed by atoms with van der Waals surface area (Å²) < 4.78 is 0. The van der Waals surface area contributed by atoms with Crippen LogP contribution >= 0.6 is 23.4 Å². The summed E-state index contributed by atoms with van der Waals surface area (Å²) in [5, 5.41) is 3.97. The fourth-order valence-corrected chi connectivity index (χ4v) is 6.41. The predicted molar refractivity (Wildman–Crippen MR) is 136 cm³/mol. The van der Waals surface area contributed by atoms with Crippen molar-refractivity contribution in [1.82, 2.24) is 5.32 Å². The molecule has 3 aliphatic rings. The number of thioether (sulfide) groups is 1. The maximum absolute atomic E-state index is 14.1. The summed E-state index contributed by atoms with van der Waals surface area (Å²) in [5.74, 6) is -1.52. The quantitative estimate of drug-likeness (QED) is 0.484. The monoisotopic (exact) mass is 495 g/mol. The second-order valence-electron chi connectivity index (χ2n) is 9.20. The van der Waals surface area contributed by atoms with Crippen molar-refractivity contribution in [2.24, 2.45) is 11.8 Å². The molecule has 176 valence electrons. The van der Waals surface area contributed by atoms with Crippen LogP contribution in [0, 0.1) is 11.8 Å². The lowest BCUT2D eigenvalue weighted by atomic mass is 9.76. The van der Waals surface area contributed by atoms with E-state index in [4.69, 9.17) is 11.6 Å². The van der Waals surface area contributed by atoms with Crippen LogP contribution in [0.25, 0.3) is 0 Å². The predicted octanol–water partition coefficient (Wildman–Crippen LogP) is 3.99. The first-order valence-electron chi connectivity index (χ1n) is 11.3. The van der Waals surface area contributed by atoms with Crippen LogP contribution in [-0.4, -0.2) is 42.3 Å². The zero-order valence-electron chi connectivity index (χ0n) is 19.1. The third kappa shape index (κ3) is 3.25. The topological polar surface area (TPSA) is 69.7 Å². The van der Waals surface area contributed by atoms with Crippen molar-refractivity contribution in [2.75, 3.05) is 28.4 Å². The first kappa shape index (κ1) is 23.1. The number of amides is 3. The Balaban J connectivity index is 1.67. The van der Waals surface area contributed by atoms with Crippen LogP contribution in [0.4, 0.5) is 11.4 Å². The SMILES string of the molecule is C=C(C)CN1C(=O)[C@]2(N[C@H](CCSC)[C@H]3C(=O)N(c4cccc(Cl)c4)C(=O)[C@H]32)c2ccccc21. The molecule has 0 saturated carbocycles. The molecule has 1 spiro atoms. The number of carbonyl (C=O) groups is 3. The molecule has 2 aromatic rings. The highest BCUT2D eigenvalue weighted by atomic mass is 35.5. The van der Waals surface area contributed by atoms with Crippen molar-refractivity contribution in [2.45, 2.75) is 24.9 Å². The van der Waals surface area contributed by atoms with E-state index in [2.05, 4.69) is 11.9 Å². The lowest BCUT2D eigenvalue weighted by molar-refractivity contribution is -0.132. The lowest BCUT2D eigenvalue weighted by Crippen LogP contribution is -2.55. The number of anilines is 2. The average Bonchev–Trinajstić information content (AvgIpc) is 3.37. The molecule has 3 heterocycles. The van der Waals surface area contributed by atoms with E-state index in [9.17, 15) is 14.4 Å². The normalized spacial score (nSPS) is 27.6. The summed E-state index contributed by atoms with van der Waals surface area (Å²) in [4.78, 5) is 44.8. The molecular weight excluding hydrogens is 470 g/mol. The molecule has 3 amide bonds. The van der Waals surface area contributed by atoms with E-state index in [0.29, 0.717) is 23.7 Å². The van der Waals surface area contributed by atoms with Gasteiger partial charge in [0.2, 0.25) is 11.8 Å². The third-order valence-corrected chi connectivity index (χ3v) is 7.87. The highest BCUT2D eigenvalue weighted by molar-refractivity contribution is 7.98. The molecule has 8 heteroatoms. The second-order valence-corrected chi connectivity index (χ2v) is 10.6. The van der Waals surface area contributed by atoms with Crippen LogP contribution in [0.5, 0.6) is 0 Å². The van der Waals surface area contributed by atoms with Gasteiger partial charge in [0.1, 0.15) is 5.54 Å². The molecule has 0 bridgehead atoms. The van der Waals surface area contributed by atoms with Gasteiger partial charge in [0, 0.05) is 28.9 Å². The molecule has 6 nitrogen and oxygen atoms in total. The maximum atomic E-state index is 14.1. The van der Waals surface area contributed by atoms with Gasteiger partial charge in [0.05, 0.1) is 17.5 Å². The molecule has 5 rings (SSSR count). The number of benzene rings is 2. The van der Waals surface area contributed by atoms with Crippen molar-refractivity contribution in [3.05, 3.63) is 71.3 Å². The van der Waals surface area contributed by atoms with Crippen LogP contribution in [0.2, 0.25) is 5.02 Å². The van der Waals surface area contributed by atoms with E-state index in [0.717, 1.165) is 22.6 Å². The van der Waals surface area contributed by atoms with Gasteiger partial charge in [-0.2, -0.15) is 11.8 Å². The number of imide groups is 1. The standard InChI is InChI=1S/C26H26ClN3O3S/c1-15(2)14-29-20-10-5-4-9-18(20)26(25(29)33)22-21(19(28-26)11-12-34-3)23(31)30(24(22)32)17-8-6-7-16(27)13-17/h4-10,13,19,21-22,28H,1,11-12,14H2,2-3H3/t19-,21-,22+,26+/m1/s1. The van der Waals surface area contributed by atoms with Crippen molar-refractivity contribution in [3.63, 3.8) is 0 Å². The van der Waals surface area contributed by atoms with Crippen molar-refractivity contribution >= 4 is 52.5 Å². The number of halogens is 1. The highest BCUT2D eigenvalue weighted by Crippen LogP contribution is 2.55. The molecule has 34 heavy (non-hydrogen) atoms. The van der Waals surface area contributed by atoms with Gasteiger partial charge >= 0.3 is 0 Å². The Hall–Kier alpha value is -2.61. The van der Waals surface area contributed by atoms with Crippen LogP contribution in [-0.2, 0) is 19.9 Å². The van der Waals surface area contributed by atoms with E-state index in [1.54, 1.807) is 40.9 Å². The number of hydrogen-bond acceptors (Lipinski definition) is 5. The van der Waals surface area contributed by atoms with Gasteiger partial charge < -0.3 is 4.90 Å². The average molecular weight is 496 g/mol. The largest absolute Gasteiger partial charge is 0.306 e. The highest BCUT2D eigenvalue weighted by Gasteiger charge is 2.71. The van der Waals surface area contributed by atoms with E-state index < -0.39 is 17.4 Å². The summed E-state index contributed by atoms with van der Waals surface area (Å²) in [6.45, 7) is 6.22. The minimum atomic E-state index is -1.29. The zero-order valence-corrected chi connectivity index (χ0v) is 20.7. The molecule has 0 radical (unpaired) electrons. The van der Waals surface area contributed by atoms with Gasteiger partial charge in [-0.3, -0.25) is 19.7 Å². The molecule has 3 aliphatic heterocycles. The van der Waals surface area contributed by atoms with E-state index in [1.165, 1.54) is 4.90 Å². The summed E-state index contributed by atoms with van der Waals surface area (Å²) in [6.07, 6.45) is 2.68. The Morgan fingerprint density at radius 2 is 1.91 bits per heavy atom. The Morgan fingerprint density at radius 3 is 2.62 bits per heavy atom.